The number of nitrogens with zero attached hydrogens (tertiary/aromatic N) is 2. The molecule has 2 aromatic heterocycles. The van der Waals surface area contributed by atoms with Crippen LogP contribution in [-0.4, -0.2) is 23.0 Å². The smallest absolute Gasteiger partial charge is 0.216 e. The maximum atomic E-state index is 11.2. The van der Waals surface area contributed by atoms with Crippen LogP contribution >= 0.6 is 0 Å². The molecule has 0 bridgehead atoms. The second kappa shape index (κ2) is 6.12. The van der Waals surface area contributed by atoms with E-state index in [9.17, 15) is 10.1 Å². The number of ether oxygens (including phenoxy) is 1. The van der Waals surface area contributed by atoms with Crippen molar-refractivity contribution in [2.75, 3.05) is 13.7 Å². The molecule has 0 saturated heterocycles. The number of nitro groups is 1. The second-order valence-corrected chi connectivity index (χ2v) is 5.55. The largest absolute Gasteiger partial charge is 0.497 e. The van der Waals surface area contributed by atoms with Crippen molar-refractivity contribution >= 4 is 5.52 Å². The number of rotatable bonds is 5. The third-order valence-corrected chi connectivity index (χ3v) is 4.10. The van der Waals surface area contributed by atoms with E-state index in [0.29, 0.717) is 0 Å². The molecule has 0 unspecified atom stereocenters. The first-order valence-electron chi connectivity index (χ1n) is 7.42. The summed E-state index contributed by atoms with van der Waals surface area (Å²) in [6, 6.07) is 15.4. The molecule has 5 nitrogen and oxygen atoms in total. The molecule has 0 amide bonds. The van der Waals surface area contributed by atoms with Gasteiger partial charge in [-0.05, 0) is 48.4 Å². The van der Waals surface area contributed by atoms with Crippen LogP contribution in [0, 0.1) is 17.0 Å². The normalized spacial score (nSPS) is 12.3. The molecule has 3 aromatic rings. The highest BCUT2D eigenvalue weighted by Crippen LogP contribution is 2.31. The monoisotopic (exact) mass is 310 g/mol. The van der Waals surface area contributed by atoms with Crippen LogP contribution in [0.25, 0.3) is 5.52 Å². The summed E-state index contributed by atoms with van der Waals surface area (Å²) in [5.41, 5.74) is 3.97. The molecule has 0 spiro atoms. The van der Waals surface area contributed by atoms with Gasteiger partial charge < -0.3 is 9.14 Å². The van der Waals surface area contributed by atoms with E-state index in [1.165, 1.54) is 0 Å². The van der Waals surface area contributed by atoms with E-state index in [2.05, 4.69) is 6.07 Å². The van der Waals surface area contributed by atoms with Gasteiger partial charge in [-0.1, -0.05) is 18.2 Å². The Morgan fingerprint density at radius 3 is 2.61 bits per heavy atom. The fourth-order valence-corrected chi connectivity index (χ4v) is 3.06. The number of methoxy groups -OCH3 is 1. The van der Waals surface area contributed by atoms with Crippen LogP contribution in [0.1, 0.15) is 22.7 Å². The number of aryl methyl sites for hydroxylation is 1. The van der Waals surface area contributed by atoms with Crippen molar-refractivity contribution in [1.29, 1.82) is 0 Å². The van der Waals surface area contributed by atoms with Gasteiger partial charge in [0.2, 0.25) is 6.54 Å². The molecular formula is C18H18N2O3. The van der Waals surface area contributed by atoms with E-state index < -0.39 is 0 Å². The van der Waals surface area contributed by atoms with E-state index >= 15 is 0 Å². The minimum absolute atomic E-state index is 0.145. The summed E-state index contributed by atoms with van der Waals surface area (Å²) in [5.74, 6) is 0.436. The quantitative estimate of drug-likeness (QED) is 0.534. The number of benzene rings is 1. The summed E-state index contributed by atoms with van der Waals surface area (Å²) >= 11 is 0. The zero-order valence-electron chi connectivity index (χ0n) is 13.1. The topological polar surface area (TPSA) is 56.8 Å². The van der Waals surface area contributed by atoms with E-state index in [1.54, 1.807) is 7.11 Å². The zero-order valence-corrected chi connectivity index (χ0v) is 13.1. The van der Waals surface area contributed by atoms with E-state index in [0.717, 1.165) is 28.1 Å². The average molecular weight is 310 g/mol. The SMILES string of the molecule is COc1ccc([C@@H](C[N+](=O)[O-])c2c(C)cc3ccccn23)cc1. The number of pyridine rings is 1. The Morgan fingerprint density at radius 2 is 1.96 bits per heavy atom. The van der Waals surface area contributed by atoms with Gasteiger partial charge >= 0.3 is 0 Å². The molecule has 2 heterocycles. The highest BCUT2D eigenvalue weighted by atomic mass is 16.6. The molecule has 0 aliphatic carbocycles. The van der Waals surface area contributed by atoms with Gasteiger partial charge in [0, 0.05) is 22.3 Å². The minimum atomic E-state index is -0.305. The Hall–Kier alpha value is -2.82. The summed E-state index contributed by atoms with van der Waals surface area (Å²) in [6.07, 6.45) is 1.95. The summed E-state index contributed by atoms with van der Waals surface area (Å²) in [7, 11) is 1.61. The van der Waals surface area contributed by atoms with Crippen molar-refractivity contribution in [3.8, 4) is 5.75 Å². The van der Waals surface area contributed by atoms with Crippen molar-refractivity contribution in [1.82, 2.24) is 4.40 Å². The molecule has 0 radical (unpaired) electrons. The molecule has 0 aliphatic rings. The molecule has 0 N–H and O–H groups in total. The minimum Gasteiger partial charge on any atom is -0.497 e. The lowest BCUT2D eigenvalue weighted by molar-refractivity contribution is -0.482. The molecule has 118 valence electrons. The predicted octanol–water partition coefficient (Wildman–Crippen LogP) is 3.66. The van der Waals surface area contributed by atoms with Gasteiger partial charge in [-0.25, -0.2) is 0 Å². The summed E-state index contributed by atoms with van der Waals surface area (Å²) in [6.45, 7) is 1.85. The maximum Gasteiger partial charge on any atom is 0.216 e. The standard InChI is InChI=1S/C18H18N2O3/c1-13-11-15-5-3-4-10-19(15)18(13)17(12-20(21)22)14-6-8-16(23-2)9-7-14/h3-11,17H,12H2,1-2H3/t17-/m1/s1. The van der Waals surface area contributed by atoms with Crippen LogP contribution in [0.3, 0.4) is 0 Å². The first-order valence-corrected chi connectivity index (χ1v) is 7.42. The Labute approximate surface area is 134 Å². The van der Waals surface area contributed by atoms with Gasteiger partial charge in [-0.15, -0.1) is 0 Å². The van der Waals surface area contributed by atoms with Gasteiger partial charge in [0.05, 0.1) is 13.0 Å². The molecule has 1 aromatic carbocycles. The molecule has 0 fully saturated rings. The Bertz CT molecular complexity index is 837. The predicted molar refractivity (Wildman–Crippen MR) is 88.8 cm³/mol. The first-order chi connectivity index (χ1) is 11.1. The van der Waals surface area contributed by atoms with Gasteiger partial charge in [-0.3, -0.25) is 10.1 Å². The van der Waals surface area contributed by atoms with E-state index in [-0.39, 0.29) is 17.4 Å². The van der Waals surface area contributed by atoms with Crippen molar-refractivity contribution in [2.24, 2.45) is 0 Å². The summed E-state index contributed by atoms with van der Waals surface area (Å²) in [4.78, 5) is 11.0. The fraction of sp³-hybridized carbons (Fsp3) is 0.222. The lowest BCUT2D eigenvalue weighted by atomic mass is 9.93. The molecular weight excluding hydrogens is 292 g/mol. The van der Waals surface area contributed by atoms with Gasteiger partial charge in [0.25, 0.3) is 0 Å². The third-order valence-electron chi connectivity index (χ3n) is 4.10. The molecule has 5 heteroatoms. The molecule has 0 saturated carbocycles. The third kappa shape index (κ3) is 2.90. The second-order valence-electron chi connectivity index (χ2n) is 5.55. The average Bonchev–Trinajstić information content (AvgIpc) is 2.88. The molecule has 0 aliphatic heterocycles. The summed E-state index contributed by atoms with van der Waals surface area (Å²) in [5, 5.41) is 11.2. The van der Waals surface area contributed by atoms with Crippen LogP contribution in [0.2, 0.25) is 0 Å². The van der Waals surface area contributed by atoms with Crippen molar-refractivity contribution in [3.05, 3.63) is 81.7 Å². The Balaban J connectivity index is 2.14. The first kappa shape index (κ1) is 15.1. The Kier molecular flexibility index (Phi) is 4.02. The Morgan fingerprint density at radius 1 is 1.22 bits per heavy atom. The van der Waals surface area contributed by atoms with Gasteiger partial charge in [0.1, 0.15) is 5.75 Å². The van der Waals surface area contributed by atoms with Gasteiger partial charge in [0.15, 0.2) is 0 Å². The van der Waals surface area contributed by atoms with Crippen LogP contribution < -0.4 is 4.74 Å². The number of hydrogen-bond acceptors (Lipinski definition) is 3. The van der Waals surface area contributed by atoms with Crippen LogP contribution in [0.5, 0.6) is 5.75 Å². The summed E-state index contributed by atoms with van der Waals surface area (Å²) < 4.78 is 7.21. The molecule has 23 heavy (non-hydrogen) atoms. The van der Waals surface area contributed by atoms with E-state index in [1.807, 2.05) is 60.0 Å². The lowest BCUT2D eigenvalue weighted by Crippen LogP contribution is -2.16. The molecule has 1 atom stereocenters. The van der Waals surface area contributed by atoms with Crippen molar-refractivity contribution in [2.45, 2.75) is 12.8 Å². The molecule has 3 rings (SSSR count). The van der Waals surface area contributed by atoms with Crippen molar-refractivity contribution in [3.63, 3.8) is 0 Å². The lowest BCUT2D eigenvalue weighted by Gasteiger charge is -2.16. The highest BCUT2D eigenvalue weighted by Gasteiger charge is 2.25. The number of aromatic nitrogens is 1. The van der Waals surface area contributed by atoms with Crippen LogP contribution in [-0.2, 0) is 0 Å². The highest BCUT2D eigenvalue weighted by molar-refractivity contribution is 5.55. The van der Waals surface area contributed by atoms with Gasteiger partial charge in [-0.2, -0.15) is 0 Å². The fourth-order valence-electron chi connectivity index (χ4n) is 3.06. The maximum absolute atomic E-state index is 11.2. The van der Waals surface area contributed by atoms with E-state index in [4.69, 9.17) is 4.74 Å². The van der Waals surface area contributed by atoms with Crippen LogP contribution in [0.15, 0.2) is 54.7 Å². The number of hydrogen-bond donors (Lipinski definition) is 0. The zero-order chi connectivity index (χ0) is 16.4. The number of fused-ring (bicyclic) bond motifs is 1. The van der Waals surface area contributed by atoms with Crippen molar-refractivity contribution < 1.29 is 9.66 Å². The van der Waals surface area contributed by atoms with Crippen LogP contribution in [0.4, 0.5) is 0 Å².